The first-order chi connectivity index (χ1) is 9.26. The molecule has 0 bridgehead atoms. The van der Waals surface area contributed by atoms with Crippen molar-refractivity contribution >= 4 is 11.1 Å². The predicted molar refractivity (Wildman–Crippen MR) is 74.1 cm³/mol. The van der Waals surface area contributed by atoms with E-state index in [0.29, 0.717) is 18.1 Å². The Balaban J connectivity index is 1.75. The van der Waals surface area contributed by atoms with Crippen molar-refractivity contribution in [2.24, 2.45) is 5.92 Å². The molecule has 0 aliphatic carbocycles. The van der Waals surface area contributed by atoms with E-state index in [2.05, 4.69) is 17.2 Å². The van der Waals surface area contributed by atoms with Gasteiger partial charge in [-0.3, -0.25) is 0 Å². The van der Waals surface area contributed by atoms with Gasteiger partial charge in [0.05, 0.1) is 12.7 Å². The van der Waals surface area contributed by atoms with Gasteiger partial charge in [0.15, 0.2) is 11.5 Å². The van der Waals surface area contributed by atoms with Crippen molar-refractivity contribution in [1.82, 2.24) is 10.3 Å². The highest BCUT2D eigenvalue weighted by molar-refractivity contribution is 5.72. The summed E-state index contributed by atoms with van der Waals surface area (Å²) in [5, 5.41) is 3.38. The van der Waals surface area contributed by atoms with E-state index in [-0.39, 0.29) is 0 Å². The molecule has 1 aliphatic rings. The Hall–Kier alpha value is -1.39. The van der Waals surface area contributed by atoms with Crippen molar-refractivity contribution in [3.63, 3.8) is 0 Å². The van der Waals surface area contributed by atoms with E-state index in [0.717, 1.165) is 36.4 Å². The Morgan fingerprint density at radius 2 is 2.26 bits per heavy atom. The Bertz CT molecular complexity index is 519. The summed E-state index contributed by atoms with van der Waals surface area (Å²) in [6.45, 7) is 2.96. The second-order valence-corrected chi connectivity index (χ2v) is 5.31. The maximum Gasteiger partial charge on any atom is 0.197 e. The van der Waals surface area contributed by atoms with Gasteiger partial charge in [-0.05, 0) is 32.5 Å². The van der Waals surface area contributed by atoms with Crippen molar-refractivity contribution in [2.75, 3.05) is 13.7 Å². The molecule has 0 spiro atoms. The lowest BCUT2D eigenvalue weighted by atomic mass is 9.94. The fraction of sp³-hybridized carbons (Fsp3) is 0.533. The molecule has 102 valence electrons. The second kappa shape index (κ2) is 5.31. The number of nitrogens with one attached hydrogen (secondary N) is 1. The van der Waals surface area contributed by atoms with Gasteiger partial charge in [0.2, 0.25) is 0 Å². The third kappa shape index (κ3) is 2.65. The van der Waals surface area contributed by atoms with Crippen molar-refractivity contribution in [3.8, 4) is 0 Å². The third-order valence-electron chi connectivity index (χ3n) is 3.90. The molecule has 1 N–H and O–H groups in total. The molecule has 4 nitrogen and oxygen atoms in total. The van der Waals surface area contributed by atoms with Gasteiger partial charge in [-0.25, -0.2) is 4.98 Å². The van der Waals surface area contributed by atoms with Crippen LogP contribution in [-0.4, -0.2) is 30.8 Å². The van der Waals surface area contributed by atoms with Crippen LogP contribution in [0.1, 0.15) is 19.2 Å². The number of hydrogen-bond acceptors (Lipinski definition) is 4. The van der Waals surface area contributed by atoms with Crippen LogP contribution in [0.15, 0.2) is 28.7 Å². The summed E-state index contributed by atoms with van der Waals surface area (Å²) in [5.74, 6) is 1.34. The van der Waals surface area contributed by atoms with Crippen LogP contribution in [0.2, 0.25) is 0 Å². The van der Waals surface area contributed by atoms with E-state index in [1.165, 1.54) is 0 Å². The lowest BCUT2D eigenvalue weighted by molar-refractivity contribution is 0.117. The lowest BCUT2D eigenvalue weighted by Gasteiger charge is -2.20. The number of oxazole rings is 1. The summed E-state index contributed by atoms with van der Waals surface area (Å²) < 4.78 is 11.4. The van der Waals surface area contributed by atoms with Gasteiger partial charge in [-0.15, -0.1) is 0 Å². The Morgan fingerprint density at radius 1 is 1.42 bits per heavy atom. The zero-order valence-electron chi connectivity index (χ0n) is 11.4. The van der Waals surface area contributed by atoms with Crippen LogP contribution < -0.4 is 5.32 Å². The number of likely N-dealkylation sites (N-methyl/N-ethyl adjacent to an activating group) is 1. The number of benzene rings is 1. The van der Waals surface area contributed by atoms with Crippen LogP contribution in [0, 0.1) is 5.92 Å². The third-order valence-corrected chi connectivity index (χ3v) is 3.90. The van der Waals surface area contributed by atoms with E-state index < -0.39 is 0 Å². The van der Waals surface area contributed by atoms with Gasteiger partial charge in [0.25, 0.3) is 0 Å². The molecule has 3 rings (SSSR count). The zero-order chi connectivity index (χ0) is 13.2. The summed E-state index contributed by atoms with van der Waals surface area (Å²) in [5.41, 5.74) is 1.80. The van der Waals surface area contributed by atoms with Crippen molar-refractivity contribution in [3.05, 3.63) is 30.2 Å². The molecule has 0 radical (unpaired) electrons. The minimum Gasteiger partial charge on any atom is -0.441 e. The molecule has 1 aromatic carbocycles. The van der Waals surface area contributed by atoms with E-state index in [1.54, 1.807) is 0 Å². The van der Waals surface area contributed by atoms with Crippen LogP contribution >= 0.6 is 0 Å². The highest BCUT2D eigenvalue weighted by atomic mass is 16.5. The van der Waals surface area contributed by atoms with Crippen LogP contribution in [0.3, 0.4) is 0 Å². The minimum absolute atomic E-state index is 0.359. The Morgan fingerprint density at radius 3 is 2.95 bits per heavy atom. The number of para-hydroxylation sites is 2. The number of aromatic nitrogens is 1. The number of rotatable bonds is 4. The molecule has 4 heteroatoms. The number of ether oxygens (including phenoxy) is 1. The molecule has 3 atom stereocenters. The van der Waals surface area contributed by atoms with Crippen LogP contribution in [-0.2, 0) is 11.2 Å². The van der Waals surface area contributed by atoms with Crippen LogP contribution in [0.4, 0.5) is 0 Å². The van der Waals surface area contributed by atoms with Gasteiger partial charge in [0.1, 0.15) is 5.52 Å². The van der Waals surface area contributed by atoms with Crippen LogP contribution in [0.5, 0.6) is 0 Å². The maximum atomic E-state index is 5.79. The molecule has 1 fully saturated rings. The molecule has 1 aliphatic heterocycles. The summed E-state index contributed by atoms with van der Waals surface area (Å²) >= 11 is 0. The summed E-state index contributed by atoms with van der Waals surface area (Å²) in [6, 6.07) is 8.26. The maximum absolute atomic E-state index is 5.79. The van der Waals surface area contributed by atoms with E-state index in [1.807, 2.05) is 31.3 Å². The van der Waals surface area contributed by atoms with Crippen molar-refractivity contribution in [1.29, 1.82) is 0 Å². The SMILES string of the molecule is CNC(Cc1nc2ccccc2o1)C1COC(C)C1. The summed E-state index contributed by atoms with van der Waals surface area (Å²) in [4.78, 5) is 4.54. The largest absolute Gasteiger partial charge is 0.441 e. The quantitative estimate of drug-likeness (QED) is 0.917. The van der Waals surface area contributed by atoms with Gasteiger partial charge >= 0.3 is 0 Å². The summed E-state index contributed by atoms with van der Waals surface area (Å²) in [6.07, 6.45) is 2.28. The molecule has 0 saturated carbocycles. The fourth-order valence-electron chi connectivity index (χ4n) is 2.83. The number of hydrogen-bond donors (Lipinski definition) is 1. The smallest absolute Gasteiger partial charge is 0.197 e. The lowest BCUT2D eigenvalue weighted by Crippen LogP contribution is -2.36. The molecule has 2 heterocycles. The molecular weight excluding hydrogens is 240 g/mol. The predicted octanol–water partition coefficient (Wildman–Crippen LogP) is 2.38. The fourth-order valence-corrected chi connectivity index (χ4v) is 2.83. The molecular formula is C15H20N2O2. The first-order valence-corrected chi connectivity index (χ1v) is 6.89. The standard InChI is InChI=1S/C15H20N2O2/c1-10-7-11(9-18-10)13(16-2)8-15-17-12-5-3-4-6-14(12)19-15/h3-6,10-11,13,16H,7-9H2,1-2H3. The highest BCUT2D eigenvalue weighted by Crippen LogP contribution is 2.25. The molecule has 19 heavy (non-hydrogen) atoms. The number of fused-ring (bicyclic) bond motifs is 1. The van der Waals surface area contributed by atoms with E-state index >= 15 is 0 Å². The Labute approximate surface area is 113 Å². The molecule has 0 amide bonds. The van der Waals surface area contributed by atoms with Gasteiger partial charge in [-0.1, -0.05) is 12.1 Å². The first-order valence-electron chi connectivity index (χ1n) is 6.89. The van der Waals surface area contributed by atoms with E-state index in [9.17, 15) is 0 Å². The monoisotopic (exact) mass is 260 g/mol. The average molecular weight is 260 g/mol. The molecule has 1 aromatic heterocycles. The van der Waals surface area contributed by atoms with Gasteiger partial charge in [0, 0.05) is 18.4 Å². The van der Waals surface area contributed by atoms with Crippen molar-refractivity contribution < 1.29 is 9.15 Å². The van der Waals surface area contributed by atoms with Crippen LogP contribution in [0.25, 0.3) is 11.1 Å². The van der Waals surface area contributed by atoms with Gasteiger partial charge < -0.3 is 14.5 Å². The summed E-state index contributed by atoms with van der Waals surface area (Å²) in [7, 11) is 2.00. The average Bonchev–Trinajstić information content (AvgIpc) is 3.01. The highest BCUT2D eigenvalue weighted by Gasteiger charge is 2.29. The van der Waals surface area contributed by atoms with E-state index in [4.69, 9.17) is 9.15 Å². The normalized spacial score (nSPS) is 24.9. The zero-order valence-corrected chi connectivity index (χ0v) is 11.4. The Kier molecular flexibility index (Phi) is 3.53. The van der Waals surface area contributed by atoms with Gasteiger partial charge in [-0.2, -0.15) is 0 Å². The molecule has 3 unspecified atom stereocenters. The molecule has 2 aromatic rings. The minimum atomic E-state index is 0.359. The topological polar surface area (TPSA) is 47.3 Å². The van der Waals surface area contributed by atoms with Crippen molar-refractivity contribution in [2.45, 2.75) is 31.9 Å². The molecule has 1 saturated heterocycles. The number of nitrogens with zero attached hydrogens (tertiary/aromatic N) is 1. The second-order valence-electron chi connectivity index (χ2n) is 5.31. The first kappa shape index (κ1) is 12.6.